The van der Waals surface area contributed by atoms with Gasteiger partial charge in [0.15, 0.2) is 4.96 Å². The van der Waals surface area contributed by atoms with Crippen LogP contribution < -0.4 is 5.32 Å². The summed E-state index contributed by atoms with van der Waals surface area (Å²) in [6.07, 6.45) is 8.17. The van der Waals surface area contributed by atoms with Crippen molar-refractivity contribution in [2.24, 2.45) is 5.92 Å². The largest absolute Gasteiger partial charge is 0.316 e. The Morgan fingerprint density at radius 3 is 3.30 bits per heavy atom. The molecule has 1 atom stereocenters. The molecule has 20 heavy (non-hydrogen) atoms. The minimum atomic E-state index is 0.805. The summed E-state index contributed by atoms with van der Waals surface area (Å²) in [5, 5.41) is 5.65. The van der Waals surface area contributed by atoms with Gasteiger partial charge in [-0.2, -0.15) is 0 Å². The normalized spacial score (nSPS) is 20.8. The molecule has 0 aliphatic carbocycles. The standard InChI is InChI=1S/C15H24N4S/c1-2-5-16-9-13-4-3-6-18(10-13)11-14-12-19-7-8-20-15(19)17-14/h7-8,12-13,16H,2-6,9-11H2,1H3. The van der Waals surface area contributed by atoms with E-state index in [0.717, 1.165) is 24.0 Å². The third-order valence-electron chi connectivity index (χ3n) is 3.99. The molecule has 0 bridgehead atoms. The molecule has 0 spiro atoms. The van der Waals surface area contributed by atoms with Crippen LogP contribution in [-0.2, 0) is 6.54 Å². The SMILES string of the molecule is CCCNCC1CCCN(Cc2cn3ccsc3n2)C1. The fraction of sp³-hybridized carbons (Fsp3) is 0.667. The second kappa shape index (κ2) is 6.70. The van der Waals surface area contributed by atoms with Crippen molar-refractivity contribution in [3.63, 3.8) is 0 Å². The molecule has 1 unspecified atom stereocenters. The van der Waals surface area contributed by atoms with Gasteiger partial charge in [-0.25, -0.2) is 4.98 Å². The van der Waals surface area contributed by atoms with Crippen LogP contribution in [0.1, 0.15) is 31.9 Å². The van der Waals surface area contributed by atoms with E-state index in [1.807, 2.05) is 0 Å². The maximum atomic E-state index is 4.69. The van der Waals surface area contributed by atoms with E-state index in [2.05, 4.69) is 39.3 Å². The number of likely N-dealkylation sites (tertiary alicyclic amines) is 1. The highest BCUT2D eigenvalue weighted by Crippen LogP contribution is 2.19. The molecule has 5 heteroatoms. The quantitative estimate of drug-likeness (QED) is 0.831. The first-order valence-corrected chi connectivity index (χ1v) is 8.57. The first-order chi connectivity index (χ1) is 9.85. The van der Waals surface area contributed by atoms with Crippen LogP contribution in [0.2, 0.25) is 0 Å². The highest BCUT2D eigenvalue weighted by atomic mass is 32.1. The van der Waals surface area contributed by atoms with E-state index in [1.165, 1.54) is 44.6 Å². The van der Waals surface area contributed by atoms with Gasteiger partial charge in [0.25, 0.3) is 0 Å². The van der Waals surface area contributed by atoms with Gasteiger partial charge in [0.05, 0.1) is 5.69 Å². The molecule has 3 rings (SSSR count). The van der Waals surface area contributed by atoms with Crippen LogP contribution in [0.15, 0.2) is 17.8 Å². The summed E-state index contributed by atoms with van der Waals surface area (Å²) in [5.74, 6) is 0.805. The van der Waals surface area contributed by atoms with Gasteiger partial charge in [-0.15, -0.1) is 11.3 Å². The molecule has 1 saturated heterocycles. The molecule has 2 aromatic heterocycles. The van der Waals surface area contributed by atoms with Crippen molar-refractivity contribution in [1.82, 2.24) is 19.6 Å². The number of rotatable bonds is 6. The zero-order valence-corrected chi connectivity index (χ0v) is 13.0. The summed E-state index contributed by atoms with van der Waals surface area (Å²) in [7, 11) is 0. The molecule has 2 aromatic rings. The van der Waals surface area contributed by atoms with E-state index in [4.69, 9.17) is 4.98 Å². The fourth-order valence-electron chi connectivity index (χ4n) is 3.03. The van der Waals surface area contributed by atoms with Gasteiger partial charge in [-0.1, -0.05) is 6.92 Å². The Hall–Kier alpha value is -0.910. The smallest absolute Gasteiger partial charge is 0.193 e. The number of hydrogen-bond donors (Lipinski definition) is 1. The van der Waals surface area contributed by atoms with Gasteiger partial charge in [0, 0.05) is 30.9 Å². The average molecular weight is 292 g/mol. The van der Waals surface area contributed by atoms with Crippen molar-refractivity contribution in [3.05, 3.63) is 23.5 Å². The molecule has 3 heterocycles. The van der Waals surface area contributed by atoms with Gasteiger partial charge in [0.1, 0.15) is 0 Å². The molecule has 0 aromatic carbocycles. The predicted molar refractivity (Wildman–Crippen MR) is 84.2 cm³/mol. The summed E-state index contributed by atoms with van der Waals surface area (Å²) >= 11 is 1.71. The van der Waals surface area contributed by atoms with E-state index >= 15 is 0 Å². The maximum Gasteiger partial charge on any atom is 0.193 e. The molecule has 1 aliphatic heterocycles. The van der Waals surface area contributed by atoms with Crippen molar-refractivity contribution in [2.75, 3.05) is 26.2 Å². The molecule has 0 radical (unpaired) electrons. The molecular weight excluding hydrogens is 268 g/mol. The third-order valence-corrected chi connectivity index (χ3v) is 4.76. The second-order valence-corrected chi connectivity index (χ2v) is 6.65. The number of piperidine rings is 1. The molecule has 0 amide bonds. The highest BCUT2D eigenvalue weighted by Gasteiger charge is 2.20. The number of imidazole rings is 1. The number of fused-ring (bicyclic) bond motifs is 1. The van der Waals surface area contributed by atoms with Crippen LogP contribution in [0.4, 0.5) is 0 Å². The maximum absolute atomic E-state index is 4.69. The van der Waals surface area contributed by atoms with E-state index < -0.39 is 0 Å². The fourth-order valence-corrected chi connectivity index (χ4v) is 3.74. The van der Waals surface area contributed by atoms with Crippen molar-refractivity contribution in [2.45, 2.75) is 32.7 Å². The van der Waals surface area contributed by atoms with Crippen molar-refractivity contribution in [3.8, 4) is 0 Å². The van der Waals surface area contributed by atoms with Crippen LogP contribution in [0.25, 0.3) is 4.96 Å². The van der Waals surface area contributed by atoms with Crippen LogP contribution in [0, 0.1) is 5.92 Å². The van der Waals surface area contributed by atoms with Gasteiger partial charge in [-0.05, 0) is 44.8 Å². The molecule has 0 saturated carbocycles. The Balaban J connectivity index is 1.53. The summed E-state index contributed by atoms with van der Waals surface area (Å²) in [5.41, 5.74) is 1.21. The lowest BCUT2D eigenvalue weighted by molar-refractivity contribution is 0.164. The summed E-state index contributed by atoms with van der Waals surface area (Å²) < 4.78 is 2.13. The number of nitrogens with zero attached hydrogens (tertiary/aromatic N) is 3. The Morgan fingerprint density at radius 2 is 2.45 bits per heavy atom. The van der Waals surface area contributed by atoms with E-state index in [1.54, 1.807) is 11.3 Å². The van der Waals surface area contributed by atoms with Crippen LogP contribution >= 0.6 is 11.3 Å². The zero-order chi connectivity index (χ0) is 13.8. The van der Waals surface area contributed by atoms with Gasteiger partial charge in [-0.3, -0.25) is 9.30 Å². The van der Waals surface area contributed by atoms with Gasteiger partial charge in [0.2, 0.25) is 0 Å². The molecule has 1 N–H and O–H groups in total. The monoisotopic (exact) mass is 292 g/mol. The average Bonchev–Trinajstić information content (AvgIpc) is 3.00. The Bertz CT molecular complexity index is 504. The lowest BCUT2D eigenvalue weighted by Gasteiger charge is -2.32. The van der Waals surface area contributed by atoms with E-state index in [9.17, 15) is 0 Å². The van der Waals surface area contributed by atoms with Gasteiger partial charge < -0.3 is 5.32 Å². The third kappa shape index (κ3) is 3.40. The first-order valence-electron chi connectivity index (χ1n) is 7.69. The van der Waals surface area contributed by atoms with E-state index in [-0.39, 0.29) is 0 Å². The second-order valence-electron chi connectivity index (χ2n) is 5.77. The van der Waals surface area contributed by atoms with E-state index in [0.29, 0.717) is 0 Å². The molecule has 110 valence electrons. The summed E-state index contributed by atoms with van der Waals surface area (Å²) in [6, 6.07) is 0. The summed E-state index contributed by atoms with van der Waals surface area (Å²) in [4.78, 5) is 8.36. The molecule has 4 nitrogen and oxygen atoms in total. The predicted octanol–water partition coefficient (Wildman–Crippen LogP) is 2.61. The lowest BCUT2D eigenvalue weighted by Crippen LogP contribution is -2.39. The van der Waals surface area contributed by atoms with Crippen LogP contribution in [0.5, 0.6) is 0 Å². The lowest BCUT2D eigenvalue weighted by atomic mass is 9.98. The van der Waals surface area contributed by atoms with Crippen molar-refractivity contribution in [1.29, 1.82) is 0 Å². The van der Waals surface area contributed by atoms with Crippen LogP contribution in [-0.4, -0.2) is 40.5 Å². The first kappa shape index (κ1) is 14.0. The molecule has 1 aliphatic rings. The minimum Gasteiger partial charge on any atom is -0.316 e. The number of thiazole rings is 1. The summed E-state index contributed by atoms with van der Waals surface area (Å²) in [6.45, 7) is 7.97. The topological polar surface area (TPSA) is 32.6 Å². The van der Waals surface area contributed by atoms with Crippen molar-refractivity contribution >= 4 is 16.3 Å². The highest BCUT2D eigenvalue weighted by molar-refractivity contribution is 7.15. The Labute approximate surface area is 124 Å². The zero-order valence-electron chi connectivity index (χ0n) is 12.2. The van der Waals surface area contributed by atoms with Gasteiger partial charge >= 0.3 is 0 Å². The minimum absolute atomic E-state index is 0.805. The number of nitrogens with one attached hydrogen (secondary N) is 1. The Morgan fingerprint density at radius 1 is 1.50 bits per heavy atom. The Kier molecular flexibility index (Phi) is 4.70. The number of aromatic nitrogens is 2. The molecular formula is C15H24N4S. The van der Waals surface area contributed by atoms with Crippen molar-refractivity contribution < 1.29 is 0 Å². The van der Waals surface area contributed by atoms with Crippen LogP contribution in [0.3, 0.4) is 0 Å². The molecule has 1 fully saturated rings. The number of hydrogen-bond acceptors (Lipinski definition) is 4.